The van der Waals surface area contributed by atoms with Crippen molar-refractivity contribution in [3.63, 3.8) is 0 Å². The van der Waals surface area contributed by atoms with Crippen molar-refractivity contribution in [2.24, 2.45) is 0 Å². The Labute approximate surface area is 151 Å². The molecular formula is C21H21NO2S. The van der Waals surface area contributed by atoms with Crippen LogP contribution in [0.1, 0.15) is 30.7 Å². The Morgan fingerprint density at radius 1 is 1.16 bits per heavy atom. The van der Waals surface area contributed by atoms with Gasteiger partial charge in [-0.25, -0.2) is 4.98 Å². The number of carbonyl (C=O) groups excluding carboxylic acids is 1. The number of carbonyl (C=O) groups is 1. The van der Waals surface area contributed by atoms with Gasteiger partial charge in [-0.1, -0.05) is 36.4 Å². The minimum absolute atomic E-state index is 0.262. The molecule has 3 nitrogen and oxygen atoms in total. The molecule has 0 spiro atoms. The molecule has 128 valence electrons. The number of aromatic nitrogens is 1. The third-order valence-electron chi connectivity index (χ3n) is 4.66. The van der Waals surface area contributed by atoms with Crippen molar-refractivity contribution in [1.29, 1.82) is 0 Å². The van der Waals surface area contributed by atoms with Crippen LogP contribution >= 0.6 is 11.3 Å². The number of fused-ring (bicyclic) bond motifs is 1. The summed E-state index contributed by atoms with van der Waals surface area (Å²) in [6, 6.07) is 16.6. The lowest BCUT2D eigenvalue weighted by Gasteiger charge is -2.07. The quantitative estimate of drug-likeness (QED) is 0.625. The Hall–Kier alpha value is -2.04. The van der Waals surface area contributed by atoms with Gasteiger partial charge in [-0.3, -0.25) is 4.79 Å². The number of ether oxygens (including phenoxy) is 1. The lowest BCUT2D eigenvalue weighted by Crippen LogP contribution is -2.10. The number of thiazole rings is 1. The first-order chi connectivity index (χ1) is 12.3. The molecule has 0 radical (unpaired) electrons. The summed E-state index contributed by atoms with van der Waals surface area (Å²) in [6.07, 6.45) is 4.38. The molecule has 0 saturated carbocycles. The Bertz CT molecular complexity index is 866. The van der Waals surface area contributed by atoms with Crippen molar-refractivity contribution in [3.8, 4) is 11.1 Å². The molecular weight excluding hydrogens is 330 g/mol. The highest BCUT2D eigenvalue weighted by Gasteiger charge is 2.17. The highest BCUT2D eigenvalue weighted by molar-refractivity contribution is 7.18. The van der Waals surface area contributed by atoms with Gasteiger partial charge in [0, 0.05) is 13.0 Å². The van der Waals surface area contributed by atoms with Crippen molar-refractivity contribution in [2.45, 2.75) is 38.2 Å². The van der Waals surface area contributed by atoms with Crippen LogP contribution in [-0.2, 0) is 16.0 Å². The van der Waals surface area contributed by atoms with E-state index in [2.05, 4.69) is 35.3 Å². The van der Waals surface area contributed by atoms with Gasteiger partial charge in [0.25, 0.3) is 0 Å². The molecule has 3 aromatic rings. The van der Waals surface area contributed by atoms with Crippen molar-refractivity contribution in [3.05, 3.63) is 53.5 Å². The second-order valence-corrected chi connectivity index (χ2v) is 7.66. The van der Waals surface area contributed by atoms with E-state index in [9.17, 15) is 4.79 Å². The van der Waals surface area contributed by atoms with Crippen molar-refractivity contribution < 1.29 is 9.53 Å². The molecule has 1 aliphatic rings. The van der Waals surface area contributed by atoms with Crippen LogP contribution in [0, 0.1) is 0 Å². The number of hydrogen-bond donors (Lipinski definition) is 0. The molecule has 1 aliphatic heterocycles. The van der Waals surface area contributed by atoms with E-state index < -0.39 is 0 Å². The maximum absolute atomic E-state index is 12.2. The highest BCUT2D eigenvalue weighted by atomic mass is 32.1. The number of ketones is 1. The molecule has 1 fully saturated rings. The Morgan fingerprint density at radius 2 is 2.04 bits per heavy atom. The van der Waals surface area contributed by atoms with Crippen LogP contribution in [0.2, 0.25) is 0 Å². The standard InChI is InChI=1S/C21H21NO2S/c23-17(9-10-18-7-4-12-24-18)14-21-22-19-11-8-16(13-20(19)25-21)15-5-2-1-3-6-15/h1-3,5-6,8,11,13,18H,4,7,9-10,12,14H2. The van der Waals surface area contributed by atoms with Crippen LogP contribution in [0.3, 0.4) is 0 Å². The summed E-state index contributed by atoms with van der Waals surface area (Å²) < 4.78 is 6.73. The highest BCUT2D eigenvalue weighted by Crippen LogP contribution is 2.28. The van der Waals surface area contributed by atoms with E-state index in [0.29, 0.717) is 12.8 Å². The predicted octanol–water partition coefficient (Wildman–Crippen LogP) is 5.03. The van der Waals surface area contributed by atoms with Gasteiger partial charge in [0.15, 0.2) is 0 Å². The molecule has 4 heteroatoms. The molecule has 1 saturated heterocycles. The molecule has 2 heterocycles. The Morgan fingerprint density at radius 3 is 2.84 bits per heavy atom. The summed E-state index contributed by atoms with van der Waals surface area (Å²) in [5.41, 5.74) is 3.37. The fourth-order valence-electron chi connectivity index (χ4n) is 3.31. The van der Waals surface area contributed by atoms with E-state index in [1.807, 2.05) is 18.2 Å². The molecule has 25 heavy (non-hydrogen) atoms. The summed E-state index contributed by atoms with van der Waals surface area (Å²) >= 11 is 1.63. The first-order valence-electron chi connectivity index (χ1n) is 8.86. The van der Waals surface area contributed by atoms with E-state index in [-0.39, 0.29) is 11.9 Å². The molecule has 0 bridgehead atoms. The smallest absolute Gasteiger partial charge is 0.139 e. The maximum Gasteiger partial charge on any atom is 0.139 e. The number of hydrogen-bond acceptors (Lipinski definition) is 4. The monoisotopic (exact) mass is 351 g/mol. The first-order valence-corrected chi connectivity index (χ1v) is 9.68. The Balaban J connectivity index is 1.44. The topological polar surface area (TPSA) is 39.2 Å². The van der Waals surface area contributed by atoms with Gasteiger partial charge in [0.05, 0.1) is 22.7 Å². The van der Waals surface area contributed by atoms with Crippen molar-refractivity contribution >= 4 is 27.3 Å². The fourth-order valence-corrected chi connectivity index (χ4v) is 4.34. The van der Waals surface area contributed by atoms with Crippen molar-refractivity contribution in [2.75, 3.05) is 6.61 Å². The van der Waals surface area contributed by atoms with Gasteiger partial charge >= 0.3 is 0 Å². The van der Waals surface area contributed by atoms with Gasteiger partial charge in [-0.15, -0.1) is 11.3 Å². The zero-order valence-corrected chi connectivity index (χ0v) is 14.9. The lowest BCUT2D eigenvalue weighted by atomic mass is 10.1. The zero-order valence-electron chi connectivity index (χ0n) is 14.1. The fraction of sp³-hybridized carbons (Fsp3) is 0.333. The third-order valence-corrected chi connectivity index (χ3v) is 5.68. The van der Waals surface area contributed by atoms with Crippen LogP contribution in [0.25, 0.3) is 21.3 Å². The largest absolute Gasteiger partial charge is 0.378 e. The zero-order chi connectivity index (χ0) is 17.1. The molecule has 0 N–H and O–H groups in total. The molecule has 0 amide bonds. The average Bonchev–Trinajstić information content (AvgIpc) is 3.29. The number of Topliss-reactive ketones (excluding diaryl/α,β-unsaturated/α-hetero) is 1. The van der Waals surface area contributed by atoms with Gasteiger partial charge in [0.2, 0.25) is 0 Å². The van der Waals surface area contributed by atoms with Gasteiger partial charge < -0.3 is 4.74 Å². The number of rotatable bonds is 6. The molecule has 0 aliphatic carbocycles. The molecule has 1 aromatic heterocycles. The average molecular weight is 351 g/mol. The van der Waals surface area contributed by atoms with Crippen LogP contribution in [0.5, 0.6) is 0 Å². The van der Waals surface area contributed by atoms with Crippen LogP contribution < -0.4 is 0 Å². The summed E-state index contributed by atoms with van der Waals surface area (Å²) in [7, 11) is 0. The van der Waals surface area contributed by atoms with Gasteiger partial charge in [-0.05, 0) is 42.5 Å². The Kier molecular flexibility index (Phi) is 4.90. The van der Waals surface area contributed by atoms with Crippen LogP contribution in [0.15, 0.2) is 48.5 Å². The first kappa shape index (κ1) is 16.4. The van der Waals surface area contributed by atoms with E-state index in [1.165, 1.54) is 11.1 Å². The second kappa shape index (κ2) is 7.46. The summed E-state index contributed by atoms with van der Waals surface area (Å²) in [5.74, 6) is 0.262. The van der Waals surface area contributed by atoms with E-state index in [4.69, 9.17) is 4.74 Å². The van der Waals surface area contributed by atoms with Crippen LogP contribution in [0.4, 0.5) is 0 Å². The summed E-state index contributed by atoms with van der Waals surface area (Å²) in [5, 5.41) is 0.914. The van der Waals surface area contributed by atoms with E-state index >= 15 is 0 Å². The molecule has 1 unspecified atom stereocenters. The predicted molar refractivity (Wildman–Crippen MR) is 102 cm³/mol. The molecule has 4 rings (SSSR count). The summed E-state index contributed by atoms with van der Waals surface area (Å²) in [6.45, 7) is 0.848. The minimum atomic E-state index is 0.262. The van der Waals surface area contributed by atoms with E-state index in [0.717, 1.165) is 41.1 Å². The lowest BCUT2D eigenvalue weighted by molar-refractivity contribution is -0.119. The second-order valence-electron chi connectivity index (χ2n) is 6.55. The number of benzene rings is 2. The van der Waals surface area contributed by atoms with Gasteiger partial charge in [0.1, 0.15) is 10.8 Å². The van der Waals surface area contributed by atoms with Crippen molar-refractivity contribution in [1.82, 2.24) is 4.98 Å². The minimum Gasteiger partial charge on any atom is -0.378 e. The summed E-state index contributed by atoms with van der Waals surface area (Å²) in [4.78, 5) is 16.9. The maximum atomic E-state index is 12.2. The van der Waals surface area contributed by atoms with E-state index in [1.54, 1.807) is 11.3 Å². The molecule has 1 atom stereocenters. The SMILES string of the molecule is O=C(CCC1CCCO1)Cc1nc2ccc(-c3ccccc3)cc2s1. The molecule has 2 aromatic carbocycles. The van der Waals surface area contributed by atoms with Crippen LogP contribution in [-0.4, -0.2) is 23.5 Å². The normalized spacial score (nSPS) is 17.2. The number of nitrogens with zero attached hydrogens (tertiary/aromatic N) is 1. The van der Waals surface area contributed by atoms with Gasteiger partial charge in [-0.2, -0.15) is 0 Å². The third kappa shape index (κ3) is 3.97.